The Hall–Kier alpha value is -2.78. The minimum Gasteiger partial charge on any atom is -0.501 e. The summed E-state index contributed by atoms with van der Waals surface area (Å²) >= 11 is 0. The van der Waals surface area contributed by atoms with Crippen molar-refractivity contribution >= 4 is 27.3 Å². The Morgan fingerprint density at radius 1 is 1.12 bits per heavy atom. The van der Waals surface area contributed by atoms with E-state index >= 15 is 0 Å². The smallest absolute Gasteiger partial charge is 0.304 e. The quantitative estimate of drug-likeness (QED) is 0.403. The molecule has 8 nitrogen and oxygen atoms in total. The van der Waals surface area contributed by atoms with Crippen molar-refractivity contribution < 1.29 is 17.9 Å². The van der Waals surface area contributed by atoms with Crippen LogP contribution in [0.3, 0.4) is 0 Å². The second-order valence-electron chi connectivity index (χ2n) is 8.60. The molecule has 2 aliphatic rings. The lowest BCUT2D eigenvalue weighted by atomic mass is 9.88. The number of nitrogens with two attached hydrogens (primary N) is 1. The van der Waals surface area contributed by atoms with Crippen LogP contribution in [-0.4, -0.2) is 50.6 Å². The first-order chi connectivity index (χ1) is 16.5. The van der Waals surface area contributed by atoms with Gasteiger partial charge < -0.3 is 15.2 Å². The molecule has 1 aliphatic carbocycles. The number of fused-ring (bicyclic) bond motifs is 1. The van der Waals surface area contributed by atoms with Crippen LogP contribution in [0.25, 0.3) is 5.57 Å². The van der Waals surface area contributed by atoms with E-state index in [9.17, 15) is 8.42 Å². The van der Waals surface area contributed by atoms with Crippen molar-refractivity contribution in [2.75, 3.05) is 42.9 Å². The minimum atomic E-state index is -3.51. The molecular weight excluding hydrogens is 452 g/mol. The van der Waals surface area contributed by atoms with Gasteiger partial charge in [-0.3, -0.25) is 4.31 Å². The van der Waals surface area contributed by atoms with Gasteiger partial charge in [0.2, 0.25) is 0 Å². The van der Waals surface area contributed by atoms with Gasteiger partial charge in [-0.15, -0.1) is 0 Å². The number of ether oxygens (including phenoxy) is 2. The van der Waals surface area contributed by atoms with Crippen LogP contribution in [0.15, 0.2) is 42.8 Å². The van der Waals surface area contributed by atoms with E-state index in [0.29, 0.717) is 44.4 Å². The van der Waals surface area contributed by atoms with Gasteiger partial charge in [0.15, 0.2) is 0 Å². The third-order valence-corrected chi connectivity index (χ3v) is 8.21. The van der Waals surface area contributed by atoms with Crippen molar-refractivity contribution in [3.8, 4) is 5.75 Å². The summed E-state index contributed by atoms with van der Waals surface area (Å²) in [6.07, 6.45) is 9.24. The fraction of sp³-hybridized carbons (Fsp3) is 0.480. The van der Waals surface area contributed by atoms with Gasteiger partial charge in [-0.1, -0.05) is 6.07 Å². The number of aromatic nitrogens is 1. The molecule has 1 aliphatic heterocycles. The molecule has 34 heavy (non-hydrogen) atoms. The normalized spacial score (nSPS) is 18.7. The molecule has 0 radical (unpaired) electrons. The zero-order valence-corrected chi connectivity index (χ0v) is 20.6. The Morgan fingerprint density at radius 2 is 2.00 bits per heavy atom. The molecule has 0 unspecified atom stereocenters. The zero-order chi connectivity index (χ0) is 24.0. The van der Waals surface area contributed by atoms with Crippen molar-refractivity contribution in [3.63, 3.8) is 0 Å². The summed E-state index contributed by atoms with van der Waals surface area (Å²) in [7, 11) is -3.51. The fourth-order valence-corrected chi connectivity index (χ4v) is 6.14. The summed E-state index contributed by atoms with van der Waals surface area (Å²) in [6, 6.07) is 9.57. The average molecular weight is 487 g/mol. The Bertz CT molecular complexity index is 1120. The maximum atomic E-state index is 12.9. The first-order valence-corrected chi connectivity index (χ1v) is 13.4. The van der Waals surface area contributed by atoms with Gasteiger partial charge in [-0.05, 0) is 80.3 Å². The number of unbranched alkanes of at least 4 members (excludes halogenated alkanes) is 2. The maximum absolute atomic E-state index is 12.9. The van der Waals surface area contributed by atoms with Crippen molar-refractivity contribution in [3.05, 3.63) is 53.9 Å². The van der Waals surface area contributed by atoms with Gasteiger partial charge >= 0.3 is 10.2 Å². The highest BCUT2D eigenvalue weighted by Gasteiger charge is 2.36. The highest BCUT2D eigenvalue weighted by Crippen LogP contribution is 2.33. The number of hydrogen-bond acceptors (Lipinski definition) is 6. The molecule has 0 atom stereocenters. The summed E-state index contributed by atoms with van der Waals surface area (Å²) in [6.45, 7) is 4.71. The standard InChI is InChI=1S/C25H34N4O4S/c1-2-32-19-21-8-6-7-20-17-23(9-10-24(20)21)33-16-5-3-4-13-28-14-15-29(34(28,30)31)22-11-12-27-25(26)18-22/h9-12,17-19H,2-8,13-16H2,1H3,(H2,26,27)/b21-19+. The van der Waals surface area contributed by atoms with Crippen LogP contribution in [0.2, 0.25) is 0 Å². The van der Waals surface area contributed by atoms with Crippen LogP contribution in [0.1, 0.15) is 50.2 Å². The van der Waals surface area contributed by atoms with E-state index in [-0.39, 0.29) is 0 Å². The first kappa shape index (κ1) is 24.3. The molecule has 2 N–H and O–H groups in total. The van der Waals surface area contributed by atoms with Gasteiger partial charge in [0.25, 0.3) is 0 Å². The molecule has 1 fully saturated rings. The number of nitrogen functional groups attached to an aromatic ring is 1. The molecule has 184 valence electrons. The Morgan fingerprint density at radius 3 is 2.82 bits per heavy atom. The fourth-order valence-electron chi connectivity index (χ4n) is 4.50. The second-order valence-corrected chi connectivity index (χ2v) is 10.5. The number of benzene rings is 1. The van der Waals surface area contributed by atoms with Crippen LogP contribution in [-0.2, 0) is 21.4 Å². The zero-order valence-electron chi connectivity index (χ0n) is 19.8. The number of nitrogens with zero attached hydrogens (tertiary/aromatic N) is 3. The SMILES string of the molecule is CCO/C=C1\CCCc2cc(OCCCCCN3CCN(c4ccnc(N)c4)S3(=O)=O)ccc21. The van der Waals surface area contributed by atoms with Crippen molar-refractivity contribution in [1.29, 1.82) is 0 Å². The molecule has 1 saturated heterocycles. The van der Waals surface area contributed by atoms with Gasteiger partial charge in [0, 0.05) is 31.9 Å². The summed E-state index contributed by atoms with van der Waals surface area (Å²) in [4.78, 5) is 3.94. The third-order valence-electron chi connectivity index (χ3n) is 6.24. The van der Waals surface area contributed by atoms with E-state index in [1.54, 1.807) is 16.4 Å². The van der Waals surface area contributed by atoms with Crippen molar-refractivity contribution in [2.24, 2.45) is 0 Å². The molecule has 0 bridgehead atoms. The molecular formula is C25H34N4O4S. The number of aryl methyl sites for hydroxylation is 1. The number of allylic oxidation sites excluding steroid dienone is 1. The number of hydrogen-bond donors (Lipinski definition) is 1. The van der Waals surface area contributed by atoms with E-state index in [4.69, 9.17) is 15.2 Å². The number of anilines is 2. The van der Waals surface area contributed by atoms with Crippen LogP contribution < -0.4 is 14.8 Å². The van der Waals surface area contributed by atoms with E-state index < -0.39 is 10.2 Å². The van der Waals surface area contributed by atoms with Crippen LogP contribution in [0, 0.1) is 0 Å². The lowest BCUT2D eigenvalue weighted by Crippen LogP contribution is -2.33. The number of rotatable bonds is 10. The van der Waals surface area contributed by atoms with Crippen molar-refractivity contribution in [1.82, 2.24) is 9.29 Å². The molecule has 1 aromatic carbocycles. The molecule has 0 saturated carbocycles. The molecule has 0 amide bonds. The largest absolute Gasteiger partial charge is 0.501 e. The Balaban J connectivity index is 1.21. The minimum absolute atomic E-state index is 0.312. The lowest BCUT2D eigenvalue weighted by molar-refractivity contribution is 0.270. The van der Waals surface area contributed by atoms with Gasteiger partial charge in [-0.25, -0.2) is 4.98 Å². The van der Waals surface area contributed by atoms with E-state index in [1.807, 2.05) is 19.3 Å². The van der Waals surface area contributed by atoms with Crippen LogP contribution >= 0.6 is 0 Å². The van der Waals surface area contributed by atoms with Gasteiger partial charge in [-0.2, -0.15) is 12.7 Å². The third kappa shape index (κ3) is 5.64. The lowest BCUT2D eigenvalue weighted by Gasteiger charge is -2.20. The Kier molecular flexibility index (Phi) is 7.95. The molecule has 2 aromatic rings. The molecule has 0 spiro atoms. The molecule has 1 aromatic heterocycles. The van der Waals surface area contributed by atoms with E-state index in [0.717, 1.165) is 44.3 Å². The first-order valence-electron chi connectivity index (χ1n) is 12.0. The summed E-state index contributed by atoms with van der Waals surface area (Å²) in [5.74, 6) is 1.21. The molecule has 9 heteroatoms. The predicted octanol–water partition coefficient (Wildman–Crippen LogP) is 3.99. The molecule has 2 heterocycles. The summed E-state index contributed by atoms with van der Waals surface area (Å²) in [5.41, 5.74) is 10.1. The van der Waals surface area contributed by atoms with E-state index in [1.165, 1.54) is 27.2 Å². The predicted molar refractivity (Wildman–Crippen MR) is 135 cm³/mol. The Labute approximate surface area is 202 Å². The average Bonchev–Trinajstić information content (AvgIpc) is 3.13. The van der Waals surface area contributed by atoms with Gasteiger partial charge in [0.05, 0.1) is 25.2 Å². The maximum Gasteiger partial charge on any atom is 0.304 e. The molecule has 4 rings (SSSR count). The van der Waals surface area contributed by atoms with Gasteiger partial charge in [0.1, 0.15) is 11.6 Å². The number of pyridine rings is 1. The highest BCUT2D eigenvalue weighted by atomic mass is 32.2. The van der Waals surface area contributed by atoms with Crippen molar-refractivity contribution in [2.45, 2.75) is 45.4 Å². The summed E-state index contributed by atoms with van der Waals surface area (Å²) in [5, 5.41) is 0. The topological polar surface area (TPSA) is 98.0 Å². The highest BCUT2D eigenvalue weighted by molar-refractivity contribution is 7.90. The second kappa shape index (κ2) is 11.1. The summed E-state index contributed by atoms with van der Waals surface area (Å²) < 4.78 is 40.1. The monoisotopic (exact) mass is 486 g/mol. The van der Waals surface area contributed by atoms with Crippen LogP contribution in [0.5, 0.6) is 5.75 Å². The van der Waals surface area contributed by atoms with Crippen LogP contribution in [0.4, 0.5) is 11.5 Å². The van der Waals surface area contributed by atoms with E-state index in [2.05, 4.69) is 17.1 Å².